The van der Waals surface area contributed by atoms with Crippen LogP contribution in [0.5, 0.6) is 0 Å². The Hall–Kier alpha value is -2.47. The predicted molar refractivity (Wildman–Crippen MR) is 78.9 cm³/mol. The lowest BCUT2D eigenvalue weighted by Crippen LogP contribution is -2.32. The first-order chi connectivity index (χ1) is 10.9. The van der Waals surface area contributed by atoms with Crippen molar-refractivity contribution in [2.45, 2.75) is 31.9 Å². The molecule has 1 heterocycles. The van der Waals surface area contributed by atoms with Crippen molar-refractivity contribution in [2.75, 3.05) is 13.1 Å². The zero-order chi connectivity index (χ0) is 17.0. The molecule has 1 aliphatic heterocycles. The Kier molecular flexibility index (Phi) is 4.95. The van der Waals surface area contributed by atoms with Crippen molar-refractivity contribution in [2.24, 2.45) is 0 Å². The minimum Gasteiger partial charge on any atom is -0.373 e. The molecule has 0 saturated carbocycles. The van der Waals surface area contributed by atoms with E-state index in [9.17, 15) is 13.2 Å². The maximum atomic E-state index is 12.6. The minimum atomic E-state index is -4.31. The molecule has 1 aliphatic rings. The van der Waals surface area contributed by atoms with Crippen LogP contribution in [0.1, 0.15) is 36.8 Å². The normalized spacial score (nSPS) is 15.7. The van der Waals surface area contributed by atoms with Gasteiger partial charge in [0.2, 0.25) is 0 Å². The third kappa shape index (κ3) is 3.84. The molecule has 1 fully saturated rings. The van der Waals surface area contributed by atoms with Crippen molar-refractivity contribution in [3.63, 3.8) is 0 Å². The number of allylic oxidation sites excluding steroid dienone is 2. The molecule has 0 radical (unpaired) electrons. The number of benzene rings is 1. The van der Waals surface area contributed by atoms with Gasteiger partial charge in [-0.3, -0.25) is 0 Å². The highest BCUT2D eigenvalue weighted by Crippen LogP contribution is 2.33. The van der Waals surface area contributed by atoms with Gasteiger partial charge < -0.3 is 4.90 Å². The third-order valence-electron chi connectivity index (χ3n) is 4.26. The molecule has 1 aromatic rings. The fourth-order valence-electron chi connectivity index (χ4n) is 2.84. The van der Waals surface area contributed by atoms with Gasteiger partial charge in [-0.2, -0.15) is 23.7 Å². The topological polar surface area (TPSA) is 50.8 Å². The largest absolute Gasteiger partial charge is 0.416 e. The van der Waals surface area contributed by atoms with Crippen molar-refractivity contribution < 1.29 is 13.2 Å². The summed E-state index contributed by atoms with van der Waals surface area (Å²) in [7, 11) is 0. The van der Waals surface area contributed by atoms with Crippen LogP contribution in [0.15, 0.2) is 35.5 Å². The maximum Gasteiger partial charge on any atom is 0.416 e. The van der Waals surface area contributed by atoms with Crippen LogP contribution in [-0.4, -0.2) is 18.0 Å². The van der Waals surface area contributed by atoms with Gasteiger partial charge in [-0.15, -0.1) is 0 Å². The van der Waals surface area contributed by atoms with Gasteiger partial charge in [-0.05, 0) is 43.4 Å². The molecule has 0 atom stereocenters. The fourth-order valence-corrected chi connectivity index (χ4v) is 2.84. The number of rotatable bonds is 2. The Balaban J connectivity index is 2.04. The first-order valence-electron chi connectivity index (χ1n) is 7.30. The Morgan fingerprint density at radius 3 is 2.04 bits per heavy atom. The number of hydrogen-bond acceptors (Lipinski definition) is 3. The second kappa shape index (κ2) is 6.75. The van der Waals surface area contributed by atoms with Crippen molar-refractivity contribution in [3.05, 3.63) is 46.7 Å². The summed E-state index contributed by atoms with van der Waals surface area (Å²) in [5, 5.41) is 17.8. The first kappa shape index (κ1) is 16.9. The van der Waals surface area contributed by atoms with Gasteiger partial charge in [0.05, 0.1) is 5.56 Å². The molecule has 0 unspecified atom stereocenters. The highest BCUT2D eigenvalue weighted by Gasteiger charge is 2.30. The SMILES string of the molecule is CC(=C(C#N)C#N)N1CCC(c2ccc(C(F)(F)F)cc2)CC1. The summed E-state index contributed by atoms with van der Waals surface area (Å²) in [6.45, 7) is 3.12. The van der Waals surface area contributed by atoms with Gasteiger partial charge >= 0.3 is 6.18 Å². The van der Waals surface area contributed by atoms with Crippen molar-refractivity contribution in [3.8, 4) is 12.1 Å². The summed E-state index contributed by atoms with van der Waals surface area (Å²) >= 11 is 0. The summed E-state index contributed by atoms with van der Waals surface area (Å²) in [6.07, 6.45) is -2.74. The number of halogens is 3. The van der Waals surface area contributed by atoms with Crippen LogP contribution >= 0.6 is 0 Å². The van der Waals surface area contributed by atoms with E-state index >= 15 is 0 Å². The van der Waals surface area contributed by atoms with Crippen LogP contribution in [0.3, 0.4) is 0 Å². The predicted octanol–water partition coefficient (Wildman–Crippen LogP) is 4.21. The van der Waals surface area contributed by atoms with Gasteiger partial charge in [0, 0.05) is 18.8 Å². The van der Waals surface area contributed by atoms with Gasteiger partial charge in [-0.25, -0.2) is 0 Å². The lowest BCUT2D eigenvalue weighted by atomic mass is 9.88. The van der Waals surface area contributed by atoms with Crippen molar-refractivity contribution in [1.82, 2.24) is 4.90 Å². The Labute approximate surface area is 133 Å². The summed E-state index contributed by atoms with van der Waals surface area (Å²) in [4.78, 5) is 1.99. The van der Waals surface area contributed by atoms with E-state index < -0.39 is 11.7 Å². The van der Waals surface area contributed by atoms with Crippen molar-refractivity contribution in [1.29, 1.82) is 10.5 Å². The van der Waals surface area contributed by atoms with Crippen LogP contribution in [0.25, 0.3) is 0 Å². The second-order valence-electron chi connectivity index (χ2n) is 5.57. The van der Waals surface area contributed by atoms with E-state index in [-0.39, 0.29) is 11.5 Å². The second-order valence-corrected chi connectivity index (χ2v) is 5.57. The van der Waals surface area contributed by atoms with Gasteiger partial charge in [0.15, 0.2) is 0 Å². The monoisotopic (exact) mass is 319 g/mol. The molecule has 2 rings (SSSR count). The zero-order valence-corrected chi connectivity index (χ0v) is 12.7. The van der Waals surface area contributed by atoms with E-state index in [0.29, 0.717) is 18.8 Å². The van der Waals surface area contributed by atoms with Crippen LogP contribution < -0.4 is 0 Å². The molecule has 6 heteroatoms. The van der Waals surface area contributed by atoms with E-state index in [2.05, 4.69) is 0 Å². The molecule has 0 aliphatic carbocycles. The standard InChI is InChI=1S/C17H16F3N3/c1-12(15(10-21)11-22)23-8-6-14(7-9-23)13-2-4-16(5-3-13)17(18,19)20/h2-5,14H,6-9H2,1H3. The van der Waals surface area contributed by atoms with E-state index in [1.165, 1.54) is 0 Å². The van der Waals surface area contributed by atoms with Crippen LogP contribution in [0.4, 0.5) is 13.2 Å². The Morgan fingerprint density at radius 1 is 1.09 bits per heavy atom. The first-order valence-corrected chi connectivity index (χ1v) is 7.30. The molecule has 0 amide bonds. The summed E-state index contributed by atoms with van der Waals surface area (Å²) in [5.41, 5.74) is 1.05. The lowest BCUT2D eigenvalue weighted by Gasteiger charge is -2.34. The lowest BCUT2D eigenvalue weighted by molar-refractivity contribution is -0.137. The fraction of sp³-hybridized carbons (Fsp3) is 0.412. The quantitative estimate of drug-likeness (QED) is 0.767. The molecule has 0 aromatic heterocycles. The molecule has 3 nitrogen and oxygen atoms in total. The van der Waals surface area contributed by atoms with Gasteiger partial charge in [0.1, 0.15) is 17.7 Å². The molecule has 1 aromatic carbocycles. The highest BCUT2D eigenvalue weighted by atomic mass is 19.4. The molecular formula is C17H16F3N3. The van der Waals surface area contributed by atoms with Crippen molar-refractivity contribution >= 4 is 0 Å². The van der Waals surface area contributed by atoms with E-state index in [4.69, 9.17) is 10.5 Å². The maximum absolute atomic E-state index is 12.6. The average Bonchev–Trinajstić information content (AvgIpc) is 2.55. The molecule has 1 saturated heterocycles. The molecule has 0 spiro atoms. The zero-order valence-electron chi connectivity index (χ0n) is 12.7. The Bertz CT molecular complexity index is 651. The van der Waals surface area contributed by atoms with Crippen LogP contribution in [0.2, 0.25) is 0 Å². The molecule has 120 valence electrons. The molecule has 0 bridgehead atoms. The molecular weight excluding hydrogens is 303 g/mol. The van der Waals surface area contributed by atoms with Crippen LogP contribution in [-0.2, 0) is 6.18 Å². The average molecular weight is 319 g/mol. The van der Waals surface area contributed by atoms with Gasteiger partial charge in [0.25, 0.3) is 0 Å². The molecule has 23 heavy (non-hydrogen) atoms. The smallest absolute Gasteiger partial charge is 0.373 e. The number of hydrogen-bond donors (Lipinski definition) is 0. The van der Waals surface area contributed by atoms with E-state index in [1.807, 2.05) is 17.0 Å². The number of alkyl halides is 3. The summed E-state index contributed by atoms with van der Waals surface area (Å²) in [6, 6.07) is 9.09. The molecule has 0 N–H and O–H groups in total. The number of likely N-dealkylation sites (tertiary alicyclic amines) is 1. The number of nitrogens with zero attached hydrogens (tertiary/aromatic N) is 3. The Morgan fingerprint density at radius 2 is 1.61 bits per heavy atom. The van der Waals surface area contributed by atoms with Crippen LogP contribution in [0, 0.1) is 22.7 Å². The summed E-state index contributed by atoms with van der Waals surface area (Å²) < 4.78 is 37.7. The third-order valence-corrected chi connectivity index (χ3v) is 4.26. The number of piperidine rings is 1. The van der Waals surface area contributed by atoms with E-state index in [1.54, 1.807) is 19.1 Å². The highest BCUT2D eigenvalue weighted by molar-refractivity contribution is 5.39. The summed E-state index contributed by atoms with van der Waals surface area (Å²) in [5.74, 6) is 0.203. The number of nitriles is 2. The minimum absolute atomic E-state index is 0.109. The van der Waals surface area contributed by atoms with Gasteiger partial charge in [-0.1, -0.05) is 12.1 Å². The van der Waals surface area contributed by atoms with E-state index in [0.717, 1.165) is 30.5 Å².